The van der Waals surface area contributed by atoms with Crippen LogP contribution in [0.2, 0.25) is 0 Å². The van der Waals surface area contributed by atoms with Crippen LogP contribution >= 0.6 is 0 Å². The van der Waals surface area contributed by atoms with E-state index >= 15 is 0 Å². The minimum atomic E-state index is -0.259. The Kier molecular flexibility index (Phi) is 5.14. The lowest BCUT2D eigenvalue weighted by Crippen LogP contribution is -1.92. The summed E-state index contributed by atoms with van der Waals surface area (Å²) in [5.74, 6) is 1.24. The average molecular weight is 334 g/mol. The molecule has 0 bridgehead atoms. The van der Waals surface area contributed by atoms with Gasteiger partial charge in [-0.25, -0.2) is 4.39 Å². The van der Waals surface area contributed by atoms with Gasteiger partial charge in [0.15, 0.2) is 0 Å². The van der Waals surface area contributed by atoms with Crippen LogP contribution in [0, 0.1) is 5.82 Å². The van der Waals surface area contributed by atoms with Crippen LogP contribution in [-0.2, 0) is 0 Å². The molecule has 0 saturated heterocycles. The largest absolute Gasteiger partial charge is 0.497 e. The molecule has 0 aliphatic carbocycles. The van der Waals surface area contributed by atoms with E-state index in [1.807, 2.05) is 60.7 Å². The van der Waals surface area contributed by atoms with Crippen molar-refractivity contribution in [3.63, 3.8) is 0 Å². The molecule has 0 aliphatic rings. The Morgan fingerprint density at radius 3 is 1.84 bits per heavy atom. The van der Waals surface area contributed by atoms with Gasteiger partial charge in [-0.3, -0.25) is 0 Å². The van der Waals surface area contributed by atoms with Crippen LogP contribution in [0.3, 0.4) is 0 Å². The van der Waals surface area contributed by atoms with E-state index in [-0.39, 0.29) is 5.82 Å². The summed E-state index contributed by atoms with van der Waals surface area (Å²) in [6.07, 6.45) is 1.85. The summed E-state index contributed by atoms with van der Waals surface area (Å²) in [5.41, 5.74) is 3.30. The van der Waals surface area contributed by atoms with Gasteiger partial charge in [-0.2, -0.15) is 0 Å². The molecule has 0 unspecified atom stereocenters. The van der Waals surface area contributed by atoms with Gasteiger partial charge in [0.2, 0.25) is 0 Å². The first-order chi connectivity index (χ1) is 12.2. The van der Waals surface area contributed by atoms with Crippen LogP contribution in [0.25, 0.3) is 11.6 Å². The molecule has 0 fully saturated rings. The summed E-state index contributed by atoms with van der Waals surface area (Å²) >= 11 is 0. The average Bonchev–Trinajstić information content (AvgIpc) is 2.67. The normalized spacial score (nSPS) is 10.2. The van der Waals surface area contributed by atoms with E-state index in [1.165, 1.54) is 6.07 Å². The molecule has 0 saturated carbocycles. The standard InChI is InChI=1S/C22H19FO2/c1-24-19-10-5-8-16(13-19)21(15-18-7-3-4-12-22(18)23)17-9-6-11-20(14-17)25-2/h3-15H,1-2H3. The molecule has 0 N–H and O–H groups in total. The third-order valence-electron chi connectivity index (χ3n) is 3.97. The molecule has 0 aromatic heterocycles. The number of halogens is 1. The van der Waals surface area contributed by atoms with Gasteiger partial charge in [0.25, 0.3) is 0 Å². The molecule has 0 radical (unpaired) electrons. The summed E-state index contributed by atoms with van der Waals surface area (Å²) < 4.78 is 24.8. The molecular formula is C22H19FO2. The van der Waals surface area contributed by atoms with Gasteiger partial charge in [-0.1, -0.05) is 42.5 Å². The predicted molar refractivity (Wildman–Crippen MR) is 99.4 cm³/mol. The molecule has 0 heterocycles. The zero-order valence-electron chi connectivity index (χ0n) is 14.2. The lowest BCUT2D eigenvalue weighted by molar-refractivity contribution is 0.414. The Bertz CT molecular complexity index is 850. The van der Waals surface area contributed by atoms with Crippen LogP contribution in [0.15, 0.2) is 72.8 Å². The molecule has 2 nitrogen and oxygen atoms in total. The Hall–Kier alpha value is -3.07. The van der Waals surface area contributed by atoms with Crippen LogP contribution in [0.1, 0.15) is 16.7 Å². The Morgan fingerprint density at radius 2 is 1.32 bits per heavy atom. The molecule has 3 heteroatoms. The molecular weight excluding hydrogens is 315 g/mol. The zero-order valence-corrected chi connectivity index (χ0v) is 14.2. The minimum absolute atomic E-state index is 0.259. The summed E-state index contributed by atoms with van der Waals surface area (Å²) in [4.78, 5) is 0. The fourth-order valence-corrected chi connectivity index (χ4v) is 2.66. The Balaban J connectivity index is 2.18. The predicted octanol–water partition coefficient (Wildman–Crippen LogP) is 5.43. The highest BCUT2D eigenvalue weighted by atomic mass is 19.1. The van der Waals surface area contributed by atoms with Gasteiger partial charge in [0.05, 0.1) is 14.2 Å². The number of hydrogen-bond donors (Lipinski definition) is 0. The van der Waals surface area contributed by atoms with Crippen LogP contribution in [0.4, 0.5) is 4.39 Å². The molecule has 0 atom stereocenters. The van der Waals surface area contributed by atoms with Gasteiger partial charge in [-0.15, -0.1) is 0 Å². The van der Waals surface area contributed by atoms with Gasteiger partial charge in [0, 0.05) is 5.56 Å². The second kappa shape index (κ2) is 7.67. The number of rotatable bonds is 5. The Labute approximate surface area is 147 Å². The van der Waals surface area contributed by atoms with E-state index in [9.17, 15) is 4.39 Å². The van der Waals surface area contributed by atoms with E-state index in [0.29, 0.717) is 5.56 Å². The minimum Gasteiger partial charge on any atom is -0.497 e. The smallest absolute Gasteiger partial charge is 0.130 e. The van der Waals surface area contributed by atoms with E-state index in [1.54, 1.807) is 26.4 Å². The van der Waals surface area contributed by atoms with Crippen molar-refractivity contribution < 1.29 is 13.9 Å². The fourth-order valence-electron chi connectivity index (χ4n) is 2.66. The van der Waals surface area contributed by atoms with Crippen molar-refractivity contribution >= 4 is 11.6 Å². The monoisotopic (exact) mass is 334 g/mol. The third-order valence-corrected chi connectivity index (χ3v) is 3.97. The molecule has 0 amide bonds. The van der Waals surface area contributed by atoms with Crippen LogP contribution < -0.4 is 9.47 Å². The van der Waals surface area contributed by atoms with E-state index in [2.05, 4.69) is 0 Å². The molecule has 126 valence electrons. The van der Waals surface area contributed by atoms with Crippen molar-refractivity contribution in [1.82, 2.24) is 0 Å². The maximum absolute atomic E-state index is 14.2. The number of benzene rings is 3. The van der Waals surface area contributed by atoms with E-state index in [4.69, 9.17) is 9.47 Å². The van der Waals surface area contributed by atoms with Crippen LogP contribution in [0.5, 0.6) is 11.5 Å². The van der Waals surface area contributed by atoms with Crippen LogP contribution in [-0.4, -0.2) is 14.2 Å². The maximum Gasteiger partial charge on any atom is 0.130 e. The molecule has 3 rings (SSSR count). The van der Waals surface area contributed by atoms with Crippen molar-refractivity contribution in [2.75, 3.05) is 14.2 Å². The first kappa shape index (κ1) is 16.8. The van der Waals surface area contributed by atoms with Gasteiger partial charge < -0.3 is 9.47 Å². The van der Waals surface area contributed by atoms with Crippen molar-refractivity contribution in [3.8, 4) is 11.5 Å². The maximum atomic E-state index is 14.2. The summed E-state index contributed by atoms with van der Waals surface area (Å²) in [5, 5.41) is 0. The summed E-state index contributed by atoms with van der Waals surface area (Å²) in [6.45, 7) is 0. The van der Waals surface area contributed by atoms with Crippen molar-refractivity contribution in [1.29, 1.82) is 0 Å². The number of hydrogen-bond acceptors (Lipinski definition) is 2. The highest BCUT2D eigenvalue weighted by molar-refractivity contribution is 5.92. The second-order valence-corrected chi connectivity index (χ2v) is 5.54. The molecule has 0 aliphatic heterocycles. The molecule has 0 spiro atoms. The second-order valence-electron chi connectivity index (χ2n) is 5.54. The fraction of sp³-hybridized carbons (Fsp3) is 0.0909. The lowest BCUT2D eigenvalue weighted by Gasteiger charge is -2.12. The Morgan fingerprint density at radius 1 is 0.760 bits per heavy atom. The topological polar surface area (TPSA) is 18.5 Å². The highest BCUT2D eigenvalue weighted by Gasteiger charge is 2.09. The first-order valence-corrected chi connectivity index (χ1v) is 7.96. The van der Waals surface area contributed by atoms with Gasteiger partial charge >= 0.3 is 0 Å². The van der Waals surface area contributed by atoms with E-state index in [0.717, 1.165) is 28.2 Å². The summed E-state index contributed by atoms with van der Waals surface area (Å²) in [6, 6.07) is 22.2. The van der Waals surface area contributed by atoms with Crippen molar-refractivity contribution in [3.05, 3.63) is 95.3 Å². The van der Waals surface area contributed by atoms with Crippen molar-refractivity contribution in [2.24, 2.45) is 0 Å². The SMILES string of the molecule is COc1cccc(C(=Cc2ccccc2F)c2cccc(OC)c2)c1. The summed E-state index contributed by atoms with van der Waals surface area (Å²) in [7, 11) is 3.26. The van der Waals surface area contributed by atoms with E-state index < -0.39 is 0 Å². The number of ether oxygens (including phenoxy) is 2. The number of methoxy groups -OCH3 is 2. The third kappa shape index (κ3) is 3.89. The van der Waals surface area contributed by atoms with Crippen molar-refractivity contribution in [2.45, 2.75) is 0 Å². The van der Waals surface area contributed by atoms with Gasteiger partial charge in [0.1, 0.15) is 17.3 Å². The molecule has 3 aromatic rings. The molecule has 25 heavy (non-hydrogen) atoms. The quantitative estimate of drug-likeness (QED) is 0.579. The zero-order chi connectivity index (χ0) is 17.6. The lowest BCUT2D eigenvalue weighted by atomic mass is 9.95. The molecule has 3 aromatic carbocycles. The van der Waals surface area contributed by atoms with Gasteiger partial charge in [-0.05, 0) is 53.1 Å². The first-order valence-electron chi connectivity index (χ1n) is 7.96. The highest BCUT2D eigenvalue weighted by Crippen LogP contribution is 2.30.